The molecule has 0 saturated carbocycles. The normalized spacial score (nSPS) is 10.3. The molecule has 3 rings (SSSR count). The van der Waals surface area contributed by atoms with Crippen LogP contribution in [0.25, 0.3) is 0 Å². The number of para-hydroxylation sites is 1. The molecule has 3 aromatic rings. The summed E-state index contributed by atoms with van der Waals surface area (Å²) in [4.78, 5) is 6.50. The zero-order chi connectivity index (χ0) is 17.5. The highest BCUT2D eigenvalue weighted by Gasteiger charge is 2.07. The molecule has 1 aromatic heterocycles. The first-order valence-corrected chi connectivity index (χ1v) is 8.11. The number of nitrogens with one attached hydrogen (secondary N) is 1. The fourth-order valence-corrected chi connectivity index (χ4v) is 2.46. The molecule has 0 aliphatic carbocycles. The Morgan fingerprint density at radius 2 is 1.92 bits per heavy atom. The standard InChI is InChI=1S/C19H21N5O/c1-24(16-8-4-3-5-9-16)18-14-21-23-19(22-18)20-12-11-15-7-6-10-17(13-15)25-2/h3-10,13-14H,11-12H2,1-2H3,(H,20,22,23). The van der Waals surface area contributed by atoms with Crippen LogP contribution in [0.1, 0.15) is 5.56 Å². The molecule has 128 valence electrons. The summed E-state index contributed by atoms with van der Waals surface area (Å²) in [5.74, 6) is 2.12. The molecule has 0 saturated heterocycles. The van der Waals surface area contributed by atoms with E-state index in [0.717, 1.165) is 23.7 Å². The summed E-state index contributed by atoms with van der Waals surface area (Å²) in [5, 5.41) is 11.3. The quantitative estimate of drug-likeness (QED) is 0.715. The highest BCUT2D eigenvalue weighted by atomic mass is 16.5. The molecule has 0 spiro atoms. The molecule has 0 aliphatic heterocycles. The van der Waals surface area contributed by atoms with Gasteiger partial charge in [-0.1, -0.05) is 30.3 Å². The lowest BCUT2D eigenvalue weighted by molar-refractivity contribution is 0.414. The molecule has 0 amide bonds. The lowest BCUT2D eigenvalue weighted by Crippen LogP contribution is -2.15. The molecular formula is C19H21N5O. The SMILES string of the molecule is COc1cccc(CCNc2nncc(N(C)c3ccccc3)n2)c1. The summed E-state index contributed by atoms with van der Waals surface area (Å²) < 4.78 is 5.24. The van der Waals surface area contributed by atoms with Crippen LogP contribution in [0.3, 0.4) is 0 Å². The minimum absolute atomic E-state index is 0.517. The Balaban J connectivity index is 1.62. The van der Waals surface area contributed by atoms with E-state index < -0.39 is 0 Å². The second kappa shape index (κ2) is 8.10. The van der Waals surface area contributed by atoms with Crippen molar-refractivity contribution in [3.63, 3.8) is 0 Å². The van der Waals surface area contributed by atoms with Crippen LogP contribution in [-0.4, -0.2) is 35.9 Å². The average Bonchev–Trinajstić information content (AvgIpc) is 2.68. The first-order valence-electron chi connectivity index (χ1n) is 8.11. The Labute approximate surface area is 147 Å². The van der Waals surface area contributed by atoms with Gasteiger partial charge in [-0.25, -0.2) is 0 Å². The fourth-order valence-electron chi connectivity index (χ4n) is 2.46. The third-order valence-corrected chi connectivity index (χ3v) is 3.86. The van der Waals surface area contributed by atoms with Crippen molar-refractivity contribution in [2.45, 2.75) is 6.42 Å². The number of methoxy groups -OCH3 is 1. The summed E-state index contributed by atoms with van der Waals surface area (Å²) in [6, 6.07) is 18.1. The van der Waals surface area contributed by atoms with Crippen LogP contribution in [0.15, 0.2) is 60.8 Å². The van der Waals surface area contributed by atoms with Gasteiger partial charge in [0.15, 0.2) is 5.82 Å². The lowest BCUT2D eigenvalue weighted by Gasteiger charge is -2.18. The maximum atomic E-state index is 5.24. The highest BCUT2D eigenvalue weighted by Crippen LogP contribution is 2.20. The maximum Gasteiger partial charge on any atom is 0.244 e. The molecule has 0 radical (unpaired) electrons. The van der Waals surface area contributed by atoms with E-state index in [1.165, 1.54) is 5.56 Å². The van der Waals surface area contributed by atoms with Crippen molar-refractivity contribution in [1.82, 2.24) is 15.2 Å². The minimum Gasteiger partial charge on any atom is -0.497 e. The molecule has 1 N–H and O–H groups in total. The third-order valence-electron chi connectivity index (χ3n) is 3.86. The fraction of sp³-hybridized carbons (Fsp3) is 0.211. The van der Waals surface area contributed by atoms with Crippen molar-refractivity contribution in [2.75, 3.05) is 30.9 Å². The Hall–Kier alpha value is -3.15. The lowest BCUT2D eigenvalue weighted by atomic mass is 10.1. The second-order valence-electron chi connectivity index (χ2n) is 5.56. The van der Waals surface area contributed by atoms with E-state index >= 15 is 0 Å². The molecule has 6 heteroatoms. The van der Waals surface area contributed by atoms with E-state index in [-0.39, 0.29) is 0 Å². The number of benzene rings is 2. The number of nitrogens with zero attached hydrogens (tertiary/aromatic N) is 4. The predicted molar refractivity (Wildman–Crippen MR) is 99.5 cm³/mol. The molecule has 6 nitrogen and oxygen atoms in total. The van der Waals surface area contributed by atoms with E-state index in [1.54, 1.807) is 13.3 Å². The molecular weight excluding hydrogens is 314 g/mol. The monoisotopic (exact) mass is 335 g/mol. The van der Waals surface area contributed by atoms with Gasteiger partial charge in [-0.3, -0.25) is 0 Å². The van der Waals surface area contributed by atoms with Gasteiger partial charge < -0.3 is 15.0 Å². The molecule has 0 unspecified atom stereocenters. The summed E-state index contributed by atoms with van der Waals surface area (Å²) in [6.07, 6.45) is 2.50. The third kappa shape index (κ3) is 4.44. The van der Waals surface area contributed by atoms with E-state index in [1.807, 2.05) is 60.5 Å². The summed E-state index contributed by atoms with van der Waals surface area (Å²) in [5.41, 5.74) is 2.24. The van der Waals surface area contributed by atoms with E-state index in [0.29, 0.717) is 12.5 Å². The van der Waals surface area contributed by atoms with E-state index in [9.17, 15) is 0 Å². The van der Waals surface area contributed by atoms with Gasteiger partial charge in [0.25, 0.3) is 0 Å². The molecule has 0 aliphatic rings. The van der Waals surface area contributed by atoms with Gasteiger partial charge in [-0.15, -0.1) is 5.10 Å². The van der Waals surface area contributed by atoms with Crippen molar-refractivity contribution in [1.29, 1.82) is 0 Å². The molecule has 0 bridgehead atoms. The van der Waals surface area contributed by atoms with Crippen LogP contribution in [0.5, 0.6) is 5.75 Å². The largest absolute Gasteiger partial charge is 0.497 e. The van der Waals surface area contributed by atoms with Gasteiger partial charge in [0.05, 0.1) is 13.3 Å². The highest BCUT2D eigenvalue weighted by molar-refractivity contribution is 5.58. The van der Waals surface area contributed by atoms with Crippen LogP contribution in [0, 0.1) is 0 Å². The first kappa shape index (κ1) is 16.7. The number of aromatic nitrogens is 3. The Bertz CT molecular complexity index is 810. The van der Waals surface area contributed by atoms with Gasteiger partial charge in [0, 0.05) is 19.3 Å². The molecule has 0 atom stereocenters. The Morgan fingerprint density at radius 3 is 2.72 bits per heavy atom. The van der Waals surface area contributed by atoms with Crippen molar-refractivity contribution < 1.29 is 4.74 Å². The smallest absolute Gasteiger partial charge is 0.244 e. The molecule has 25 heavy (non-hydrogen) atoms. The van der Waals surface area contributed by atoms with Crippen LogP contribution in [-0.2, 0) is 6.42 Å². The summed E-state index contributed by atoms with van der Waals surface area (Å²) in [6.45, 7) is 0.716. The Morgan fingerprint density at radius 1 is 1.08 bits per heavy atom. The zero-order valence-corrected chi connectivity index (χ0v) is 14.4. The van der Waals surface area contributed by atoms with E-state index in [4.69, 9.17) is 4.74 Å². The first-order chi connectivity index (χ1) is 12.3. The summed E-state index contributed by atoms with van der Waals surface area (Å²) >= 11 is 0. The average molecular weight is 335 g/mol. The van der Waals surface area contributed by atoms with Crippen molar-refractivity contribution in [3.05, 3.63) is 66.4 Å². The van der Waals surface area contributed by atoms with Crippen molar-refractivity contribution in [3.8, 4) is 5.75 Å². The van der Waals surface area contributed by atoms with Crippen LogP contribution in [0.4, 0.5) is 17.5 Å². The molecule has 0 fully saturated rings. The van der Waals surface area contributed by atoms with E-state index in [2.05, 4.69) is 26.6 Å². The van der Waals surface area contributed by atoms with Gasteiger partial charge in [-0.2, -0.15) is 10.1 Å². The maximum absolute atomic E-state index is 5.24. The number of anilines is 3. The second-order valence-corrected chi connectivity index (χ2v) is 5.56. The van der Waals surface area contributed by atoms with Gasteiger partial charge in [-0.05, 0) is 36.2 Å². The zero-order valence-electron chi connectivity index (χ0n) is 14.4. The number of hydrogen-bond donors (Lipinski definition) is 1. The van der Waals surface area contributed by atoms with Crippen LogP contribution in [0.2, 0.25) is 0 Å². The van der Waals surface area contributed by atoms with Gasteiger partial charge in [0.1, 0.15) is 5.75 Å². The van der Waals surface area contributed by atoms with Crippen molar-refractivity contribution in [2.24, 2.45) is 0 Å². The van der Waals surface area contributed by atoms with Gasteiger partial charge >= 0.3 is 0 Å². The topological polar surface area (TPSA) is 63.2 Å². The predicted octanol–water partition coefficient (Wildman–Crippen LogP) is 3.30. The van der Waals surface area contributed by atoms with Gasteiger partial charge in [0.2, 0.25) is 5.95 Å². The number of ether oxygens (including phenoxy) is 1. The van der Waals surface area contributed by atoms with Crippen LogP contribution < -0.4 is 15.0 Å². The number of hydrogen-bond acceptors (Lipinski definition) is 6. The molecule has 1 heterocycles. The Kier molecular flexibility index (Phi) is 5.41. The molecule has 2 aromatic carbocycles. The summed E-state index contributed by atoms with van der Waals surface area (Å²) in [7, 11) is 3.63. The van der Waals surface area contributed by atoms with Crippen LogP contribution >= 0.6 is 0 Å². The minimum atomic E-state index is 0.517. The number of rotatable bonds is 7. The van der Waals surface area contributed by atoms with Crippen molar-refractivity contribution >= 4 is 17.5 Å².